The van der Waals surface area contributed by atoms with E-state index in [0.717, 1.165) is 24.3 Å². The Kier molecular flexibility index (Phi) is 7.55. The van der Waals surface area contributed by atoms with Crippen LogP contribution in [0.2, 0.25) is 0 Å². The number of rotatable bonds is 7. The van der Waals surface area contributed by atoms with Gasteiger partial charge in [-0.25, -0.2) is 8.42 Å². The second-order valence-corrected chi connectivity index (χ2v) is 11.0. The summed E-state index contributed by atoms with van der Waals surface area (Å²) in [6, 6.07) is 9.39. The number of hydrogen-bond donors (Lipinski definition) is 0. The molecule has 28 heavy (non-hydrogen) atoms. The molecule has 0 spiro atoms. The van der Waals surface area contributed by atoms with Gasteiger partial charge >= 0.3 is 0 Å². The summed E-state index contributed by atoms with van der Waals surface area (Å²) in [5.41, 5.74) is 0.848. The molecule has 0 unspecified atom stereocenters. The fraction of sp³-hybridized carbons (Fsp3) is 0.696. The largest absolute Gasteiger partial charge is 0.342 e. The molecular weight excluding hydrogens is 370 g/mol. The summed E-state index contributed by atoms with van der Waals surface area (Å²) < 4.78 is 25.5. The third kappa shape index (κ3) is 5.59. The summed E-state index contributed by atoms with van der Waals surface area (Å²) in [4.78, 5) is 14.8. The monoisotopic (exact) mass is 405 g/mol. The van der Waals surface area contributed by atoms with Crippen LogP contribution in [-0.4, -0.2) is 37.6 Å². The van der Waals surface area contributed by atoms with Crippen molar-refractivity contribution in [3.05, 3.63) is 35.9 Å². The van der Waals surface area contributed by atoms with E-state index in [2.05, 4.69) is 6.92 Å². The number of amides is 1. The van der Waals surface area contributed by atoms with Crippen molar-refractivity contribution >= 4 is 15.7 Å². The molecule has 5 heteroatoms. The van der Waals surface area contributed by atoms with Crippen molar-refractivity contribution in [2.45, 2.75) is 75.7 Å². The van der Waals surface area contributed by atoms with E-state index in [-0.39, 0.29) is 22.8 Å². The fourth-order valence-electron chi connectivity index (χ4n) is 4.81. The molecule has 0 atom stereocenters. The van der Waals surface area contributed by atoms with E-state index in [1.807, 2.05) is 35.2 Å². The third-order valence-corrected chi connectivity index (χ3v) is 8.86. The maximum absolute atomic E-state index is 12.9. The second kappa shape index (κ2) is 9.91. The van der Waals surface area contributed by atoms with Crippen LogP contribution < -0.4 is 0 Å². The molecule has 0 aromatic heterocycles. The van der Waals surface area contributed by atoms with Crippen LogP contribution in [0.1, 0.15) is 70.3 Å². The van der Waals surface area contributed by atoms with Crippen molar-refractivity contribution in [1.82, 2.24) is 4.90 Å². The summed E-state index contributed by atoms with van der Waals surface area (Å²) in [6.07, 6.45) is 9.40. The van der Waals surface area contributed by atoms with Crippen LogP contribution in [0.3, 0.4) is 0 Å². The normalized spacial score (nSPS) is 24.2. The van der Waals surface area contributed by atoms with Gasteiger partial charge in [0.25, 0.3) is 0 Å². The summed E-state index contributed by atoms with van der Waals surface area (Å²) in [6.45, 7) is 3.42. The number of benzene rings is 1. The Bertz CT molecular complexity index is 715. The third-order valence-electron chi connectivity index (χ3n) is 6.63. The molecule has 0 bridgehead atoms. The van der Waals surface area contributed by atoms with Gasteiger partial charge in [-0.2, -0.15) is 0 Å². The van der Waals surface area contributed by atoms with Gasteiger partial charge in [0.2, 0.25) is 5.91 Å². The van der Waals surface area contributed by atoms with Gasteiger partial charge in [-0.1, -0.05) is 56.5 Å². The molecule has 1 amide bonds. The van der Waals surface area contributed by atoms with Crippen molar-refractivity contribution in [2.75, 3.05) is 13.1 Å². The van der Waals surface area contributed by atoms with E-state index in [4.69, 9.17) is 0 Å². The van der Waals surface area contributed by atoms with Gasteiger partial charge in [-0.15, -0.1) is 0 Å². The lowest BCUT2D eigenvalue weighted by atomic mass is 9.79. The van der Waals surface area contributed by atoms with Crippen LogP contribution in [0.4, 0.5) is 0 Å². The Morgan fingerprint density at radius 1 is 1.00 bits per heavy atom. The number of carbonyl (C=O) groups excluding carboxylic acids is 1. The minimum absolute atomic E-state index is 0.105. The highest BCUT2D eigenvalue weighted by Gasteiger charge is 2.34. The van der Waals surface area contributed by atoms with E-state index in [0.29, 0.717) is 25.9 Å². The molecule has 1 heterocycles. The van der Waals surface area contributed by atoms with Crippen LogP contribution in [0.15, 0.2) is 30.3 Å². The molecule has 2 aliphatic rings. The molecule has 1 aromatic carbocycles. The van der Waals surface area contributed by atoms with E-state index in [9.17, 15) is 13.2 Å². The first kappa shape index (κ1) is 21.4. The number of piperidine rings is 1. The molecule has 1 aromatic rings. The predicted octanol–water partition coefficient (Wildman–Crippen LogP) is 4.59. The van der Waals surface area contributed by atoms with Crippen LogP contribution in [0.5, 0.6) is 0 Å². The smallest absolute Gasteiger partial charge is 0.225 e. The van der Waals surface area contributed by atoms with Gasteiger partial charge in [0, 0.05) is 19.0 Å². The number of nitrogens with zero attached hydrogens (tertiary/aromatic N) is 1. The van der Waals surface area contributed by atoms with Crippen molar-refractivity contribution in [2.24, 2.45) is 11.8 Å². The molecule has 156 valence electrons. The molecule has 1 saturated heterocycles. The predicted molar refractivity (Wildman–Crippen MR) is 114 cm³/mol. The first-order valence-corrected chi connectivity index (χ1v) is 12.8. The maximum Gasteiger partial charge on any atom is 0.225 e. The molecule has 1 saturated carbocycles. The number of hydrogen-bond acceptors (Lipinski definition) is 3. The fourth-order valence-corrected chi connectivity index (χ4v) is 6.63. The topological polar surface area (TPSA) is 54.5 Å². The molecule has 0 N–H and O–H groups in total. The van der Waals surface area contributed by atoms with Crippen molar-refractivity contribution in [3.8, 4) is 0 Å². The zero-order chi connectivity index (χ0) is 20.0. The zero-order valence-corrected chi connectivity index (χ0v) is 18.0. The molecule has 0 radical (unpaired) electrons. The van der Waals surface area contributed by atoms with Crippen molar-refractivity contribution < 1.29 is 13.2 Å². The first-order chi connectivity index (χ1) is 13.5. The number of unbranched alkanes of at least 4 members (excludes halogenated alkanes) is 1. The van der Waals surface area contributed by atoms with E-state index in [1.165, 1.54) is 32.1 Å². The number of likely N-dealkylation sites (tertiary alicyclic amines) is 1. The minimum Gasteiger partial charge on any atom is -0.342 e. The quantitative estimate of drug-likeness (QED) is 0.667. The standard InChI is InChI=1S/C23H35NO3S/c1-2-3-7-19-10-12-21(13-11-19)23(25)24-16-14-22(15-17-24)28(26,27)18-20-8-5-4-6-9-20/h4-6,8-9,19,21-22H,2-3,7,10-18H2,1H3. The lowest BCUT2D eigenvalue weighted by molar-refractivity contribution is -0.137. The Balaban J connectivity index is 1.46. The molecule has 1 aliphatic heterocycles. The van der Waals surface area contributed by atoms with Crippen LogP contribution >= 0.6 is 0 Å². The second-order valence-electron chi connectivity index (χ2n) is 8.68. The summed E-state index contributed by atoms with van der Waals surface area (Å²) in [7, 11) is -3.16. The van der Waals surface area contributed by atoms with Gasteiger partial charge < -0.3 is 4.90 Å². The average molecular weight is 406 g/mol. The number of carbonyl (C=O) groups is 1. The number of sulfone groups is 1. The zero-order valence-electron chi connectivity index (χ0n) is 17.2. The summed E-state index contributed by atoms with van der Waals surface area (Å²) >= 11 is 0. The minimum atomic E-state index is -3.16. The van der Waals surface area contributed by atoms with Gasteiger partial charge in [0.05, 0.1) is 11.0 Å². The highest BCUT2D eigenvalue weighted by atomic mass is 32.2. The van der Waals surface area contributed by atoms with Crippen molar-refractivity contribution in [3.63, 3.8) is 0 Å². The van der Waals surface area contributed by atoms with Crippen molar-refractivity contribution in [1.29, 1.82) is 0 Å². The summed E-state index contributed by atoms with van der Waals surface area (Å²) in [5, 5.41) is -0.318. The maximum atomic E-state index is 12.9. The van der Waals surface area contributed by atoms with Crippen LogP contribution in [-0.2, 0) is 20.4 Å². The molecular formula is C23H35NO3S. The van der Waals surface area contributed by atoms with Gasteiger partial charge in [0.1, 0.15) is 0 Å². The highest BCUT2D eigenvalue weighted by molar-refractivity contribution is 7.91. The molecule has 2 fully saturated rings. The lowest BCUT2D eigenvalue weighted by Gasteiger charge is -2.36. The van der Waals surface area contributed by atoms with Gasteiger partial charge in [-0.3, -0.25) is 4.79 Å². The van der Waals surface area contributed by atoms with E-state index >= 15 is 0 Å². The van der Waals surface area contributed by atoms with E-state index < -0.39 is 9.84 Å². The van der Waals surface area contributed by atoms with Gasteiger partial charge in [-0.05, 0) is 50.0 Å². The Hall–Kier alpha value is -1.36. The average Bonchev–Trinajstić information content (AvgIpc) is 2.72. The Morgan fingerprint density at radius 3 is 2.25 bits per heavy atom. The van der Waals surface area contributed by atoms with Crippen LogP contribution in [0, 0.1) is 11.8 Å². The van der Waals surface area contributed by atoms with Crippen LogP contribution in [0.25, 0.3) is 0 Å². The first-order valence-electron chi connectivity index (χ1n) is 11.0. The Labute approximate surface area is 170 Å². The molecule has 4 nitrogen and oxygen atoms in total. The SMILES string of the molecule is CCCCC1CCC(C(=O)N2CCC(S(=O)(=O)Cc3ccccc3)CC2)CC1. The summed E-state index contributed by atoms with van der Waals surface area (Å²) in [5.74, 6) is 1.34. The highest BCUT2D eigenvalue weighted by Crippen LogP contribution is 2.33. The molecule has 1 aliphatic carbocycles. The molecule has 3 rings (SSSR count). The van der Waals surface area contributed by atoms with Gasteiger partial charge in [0.15, 0.2) is 9.84 Å². The Morgan fingerprint density at radius 2 is 1.64 bits per heavy atom. The lowest BCUT2D eigenvalue weighted by Crippen LogP contribution is -2.45. The van der Waals surface area contributed by atoms with E-state index in [1.54, 1.807) is 0 Å².